The number of carbonyl (C=O) groups is 1. The summed E-state index contributed by atoms with van der Waals surface area (Å²) in [5.74, 6) is 1.04. The number of aromatic nitrogens is 1. The fraction of sp³-hybridized carbons (Fsp3) is 0.444. The summed E-state index contributed by atoms with van der Waals surface area (Å²) in [5, 5.41) is 13.4. The van der Waals surface area contributed by atoms with Crippen molar-refractivity contribution < 1.29 is 19.2 Å². The number of carbonyl (C=O) groups excluding carboxylic acids is 1. The topological polar surface area (TPSA) is 79.0 Å². The summed E-state index contributed by atoms with van der Waals surface area (Å²) in [6.45, 7) is 5.11. The number of ether oxygens (including phenoxy) is 1. The van der Waals surface area contributed by atoms with Crippen LogP contribution in [0.25, 0.3) is 11.3 Å². The van der Waals surface area contributed by atoms with Crippen LogP contribution < -0.4 is 4.74 Å². The first-order chi connectivity index (χ1) is 12.1. The number of aliphatic hydroxyl groups is 1. The van der Waals surface area contributed by atoms with Gasteiger partial charge in [0.15, 0.2) is 11.5 Å². The summed E-state index contributed by atoms with van der Waals surface area (Å²) in [5.41, 5.74) is 1.06. The van der Waals surface area contributed by atoms with Crippen molar-refractivity contribution >= 4 is 5.91 Å². The van der Waals surface area contributed by atoms with Gasteiger partial charge in [0.1, 0.15) is 5.75 Å². The Kier molecular flexibility index (Phi) is 5.35. The van der Waals surface area contributed by atoms with Gasteiger partial charge in [-0.1, -0.05) is 17.3 Å². The van der Waals surface area contributed by atoms with Crippen LogP contribution in [0, 0.1) is 0 Å². The number of rotatable bonds is 5. The van der Waals surface area contributed by atoms with Crippen molar-refractivity contribution in [3.05, 3.63) is 36.0 Å². The summed E-state index contributed by atoms with van der Waals surface area (Å²) in [6, 6.07) is 9.10. The highest BCUT2D eigenvalue weighted by atomic mass is 16.5. The lowest BCUT2D eigenvalue weighted by molar-refractivity contribution is 0.0546. The SMILES string of the molecule is COc1ccccc1-c1cc(C(=O)N2CCN(CC(C)O)CC2)no1. The minimum atomic E-state index is -0.360. The zero-order valence-corrected chi connectivity index (χ0v) is 14.5. The summed E-state index contributed by atoms with van der Waals surface area (Å²) in [4.78, 5) is 16.5. The Hall–Kier alpha value is -2.38. The molecule has 2 aromatic rings. The number of hydrogen-bond acceptors (Lipinski definition) is 6. The van der Waals surface area contributed by atoms with Gasteiger partial charge in [0, 0.05) is 38.8 Å². The molecule has 2 heterocycles. The molecule has 0 saturated carbocycles. The van der Waals surface area contributed by atoms with Crippen LogP contribution in [-0.2, 0) is 0 Å². The van der Waals surface area contributed by atoms with Crippen molar-refractivity contribution in [1.29, 1.82) is 0 Å². The van der Waals surface area contributed by atoms with Crippen LogP contribution in [0.5, 0.6) is 5.75 Å². The van der Waals surface area contributed by atoms with Crippen LogP contribution in [0.4, 0.5) is 0 Å². The Morgan fingerprint density at radius 3 is 2.72 bits per heavy atom. The molecule has 1 unspecified atom stereocenters. The minimum Gasteiger partial charge on any atom is -0.496 e. The highest BCUT2D eigenvalue weighted by molar-refractivity contribution is 5.93. The zero-order chi connectivity index (χ0) is 17.8. The lowest BCUT2D eigenvalue weighted by Gasteiger charge is -2.34. The largest absolute Gasteiger partial charge is 0.496 e. The van der Waals surface area contributed by atoms with Gasteiger partial charge in [-0.25, -0.2) is 0 Å². The normalized spacial score (nSPS) is 16.7. The second kappa shape index (κ2) is 7.67. The summed E-state index contributed by atoms with van der Waals surface area (Å²) >= 11 is 0. The van der Waals surface area contributed by atoms with E-state index in [1.165, 1.54) is 0 Å². The van der Waals surface area contributed by atoms with Gasteiger partial charge in [-0.05, 0) is 19.1 Å². The molecule has 1 fully saturated rings. The first-order valence-electron chi connectivity index (χ1n) is 8.38. The quantitative estimate of drug-likeness (QED) is 0.884. The van der Waals surface area contributed by atoms with Crippen LogP contribution in [0.2, 0.25) is 0 Å². The van der Waals surface area contributed by atoms with Crippen LogP contribution in [0.15, 0.2) is 34.9 Å². The van der Waals surface area contributed by atoms with Gasteiger partial charge in [0.25, 0.3) is 5.91 Å². The molecule has 0 radical (unpaired) electrons. The van der Waals surface area contributed by atoms with Gasteiger partial charge in [0.2, 0.25) is 0 Å². The van der Waals surface area contributed by atoms with E-state index in [1.54, 1.807) is 25.0 Å². The Bertz CT molecular complexity index is 721. The van der Waals surface area contributed by atoms with Gasteiger partial charge in [-0.3, -0.25) is 9.69 Å². The van der Waals surface area contributed by atoms with E-state index in [4.69, 9.17) is 9.26 Å². The highest BCUT2D eigenvalue weighted by Gasteiger charge is 2.25. The molecular weight excluding hydrogens is 322 g/mol. The van der Waals surface area contributed by atoms with Crippen molar-refractivity contribution in [1.82, 2.24) is 15.0 Å². The molecule has 1 atom stereocenters. The summed E-state index contributed by atoms with van der Waals surface area (Å²) < 4.78 is 10.7. The second-order valence-electron chi connectivity index (χ2n) is 6.22. The monoisotopic (exact) mass is 345 g/mol. The number of piperazine rings is 1. The maximum absolute atomic E-state index is 12.6. The first-order valence-corrected chi connectivity index (χ1v) is 8.38. The van der Waals surface area contributed by atoms with Crippen LogP contribution >= 0.6 is 0 Å². The number of aliphatic hydroxyl groups excluding tert-OH is 1. The minimum absolute atomic E-state index is 0.137. The maximum Gasteiger partial charge on any atom is 0.276 e. The van der Waals surface area contributed by atoms with E-state index in [0.29, 0.717) is 36.8 Å². The molecule has 1 N–H and O–H groups in total. The van der Waals surface area contributed by atoms with Crippen molar-refractivity contribution in [2.24, 2.45) is 0 Å². The van der Waals surface area contributed by atoms with E-state index >= 15 is 0 Å². The third-order valence-corrected chi connectivity index (χ3v) is 4.28. The Morgan fingerprint density at radius 1 is 1.32 bits per heavy atom. The number of benzene rings is 1. The smallest absolute Gasteiger partial charge is 0.276 e. The molecule has 0 aliphatic carbocycles. The number of hydrogen-bond donors (Lipinski definition) is 1. The standard InChI is InChI=1S/C18H23N3O4/c1-13(22)12-20-7-9-21(10-8-20)18(23)15-11-17(25-19-15)14-5-3-4-6-16(14)24-2/h3-6,11,13,22H,7-10,12H2,1-2H3. The summed E-state index contributed by atoms with van der Waals surface area (Å²) in [7, 11) is 1.59. The Balaban J connectivity index is 1.67. The van der Waals surface area contributed by atoms with Crippen molar-refractivity contribution in [3.8, 4) is 17.1 Å². The molecule has 1 aliphatic rings. The molecule has 3 rings (SSSR count). The van der Waals surface area contributed by atoms with E-state index in [1.807, 2.05) is 24.3 Å². The molecular formula is C18H23N3O4. The fourth-order valence-electron chi connectivity index (χ4n) is 3.02. The van der Waals surface area contributed by atoms with E-state index in [2.05, 4.69) is 10.1 Å². The second-order valence-corrected chi connectivity index (χ2v) is 6.22. The number of amides is 1. The number of methoxy groups -OCH3 is 1. The third-order valence-electron chi connectivity index (χ3n) is 4.28. The van der Waals surface area contributed by atoms with Gasteiger partial charge in [0.05, 0.1) is 18.8 Å². The lowest BCUT2D eigenvalue weighted by Crippen LogP contribution is -2.50. The fourth-order valence-corrected chi connectivity index (χ4v) is 3.02. The molecule has 0 spiro atoms. The van der Waals surface area contributed by atoms with E-state index in [-0.39, 0.29) is 12.0 Å². The highest BCUT2D eigenvalue weighted by Crippen LogP contribution is 2.30. The van der Waals surface area contributed by atoms with E-state index < -0.39 is 0 Å². The molecule has 1 saturated heterocycles. The van der Waals surface area contributed by atoms with Gasteiger partial charge in [-0.15, -0.1) is 0 Å². The maximum atomic E-state index is 12.6. The Morgan fingerprint density at radius 2 is 2.04 bits per heavy atom. The van der Waals surface area contributed by atoms with Crippen molar-refractivity contribution in [2.75, 3.05) is 39.8 Å². The molecule has 1 aromatic heterocycles. The van der Waals surface area contributed by atoms with E-state index in [9.17, 15) is 9.90 Å². The molecule has 7 heteroatoms. The molecule has 0 bridgehead atoms. The summed E-state index contributed by atoms with van der Waals surface area (Å²) in [6.07, 6.45) is -0.360. The molecule has 134 valence electrons. The number of nitrogens with zero attached hydrogens (tertiary/aromatic N) is 3. The van der Waals surface area contributed by atoms with Crippen LogP contribution in [0.3, 0.4) is 0 Å². The predicted octanol–water partition coefficient (Wildman–Crippen LogP) is 1.49. The molecule has 25 heavy (non-hydrogen) atoms. The number of para-hydroxylation sites is 1. The molecule has 7 nitrogen and oxygen atoms in total. The molecule has 1 aliphatic heterocycles. The lowest BCUT2D eigenvalue weighted by atomic mass is 10.1. The Labute approximate surface area is 146 Å². The molecule has 1 amide bonds. The van der Waals surface area contributed by atoms with Crippen LogP contribution in [-0.4, -0.2) is 71.9 Å². The van der Waals surface area contributed by atoms with Gasteiger partial charge >= 0.3 is 0 Å². The van der Waals surface area contributed by atoms with Crippen molar-refractivity contribution in [3.63, 3.8) is 0 Å². The van der Waals surface area contributed by atoms with E-state index in [0.717, 1.165) is 18.7 Å². The van der Waals surface area contributed by atoms with Crippen molar-refractivity contribution in [2.45, 2.75) is 13.0 Å². The molecule has 1 aromatic carbocycles. The van der Waals surface area contributed by atoms with Crippen LogP contribution in [0.1, 0.15) is 17.4 Å². The number of β-amino-alcohol motifs (C(OH)–C–C–N with tert-alkyl or cyclic N) is 1. The first kappa shape index (κ1) is 17.4. The third kappa shape index (κ3) is 4.00. The van der Waals surface area contributed by atoms with Gasteiger partial charge in [-0.2, -0.15) is 0 Å². The average molecular weight is 345 g/mol. The average Bonchev–Trinajstić information content (AvgIpc) is 3.11. The predicted molar refractivity (Wildman–Crippen MR) is 92.5 cm³/mol. The zero-order valence-electron chi connectivity index (χ0n) is 14.5. The van der Waals surface area contributed by atoms with Gasteiger partial charge < -0.3 is 19.3 Å².